The number of nitrogens with zero attached hydrogens (tertiary/aromatic N) is 1. The molecule has 0 aliphatic carbocycles. The van der Waals surface area contributed by atoms with Crippen molar-refractivity contribution in [2.24, 2.45) is 0 Å². The van der Waals surface area contributed by atoms with Crippen LogP contribution < -0.4 is 14.8 Å². The summed E-state index contributed by atoms with van der Waals surface area (Å²) in [7, 11) is 0. The van der Waals surface area contributed by atoms with E-state index in [1.165, 1.54) is 6.07 Å². The number of aromatic nitrogens is 1. The Bertz CT molecular complexity index is 753. The predicted molar refractivity (Wildman–Crippen MR) is 98.9 cm³/mol. The Morgan fingerprint density at radius 3 is 2.48 bits per heavy atom. The summed E-state index contributed by atoms with van der Waals surface area (Å²) in [6.45, 7) is 6.74. The van der Waals surface area contributed by atoms with Gasteiger partial charge in [-0.25, -0.2) is 4.98 Å². The number of rotatable bonds is 7. The Morgan fingerprint density at radius 2 is 1.80 bits per heavy atom. The first-order chi connectivity index (χ1) is 12.0. The molecule has 0 saturated carbocycles. The van der Waals surface area contributed by atoms with Gasteiger partial charge in [-0.1, -0.05) is 29.3 Å². The molecular weight excluding hydrogens is 363 g/mol. The van der Waals surface area contributed by atoms with Gasteiger partial charge in [-0.05, 0) is 50.6 Å². The highest BCUT2D eigenvalue weighted by molar-refractivity contribution is 6.34. The smallest absolute Gasteiger partial charge is 0.271 e. The number of pyridine rings is 1. The molecule has 0 aliphatic heterocycles. The van der Waals surface area contributed by atoms with Gasteiger partial charge in [0.05, 0.1) is 24.3 Å². The van der Waals surface area contributed by atoms with Gasteiger partial charge < -0.3 is 14.8 Å². The van der Waals surface area contributed by atoms with E-state index in [9.17, 15) is 4.79 Å². The van der Waals surface area contributed by atoms with Crippen LogP contribution in [0.25, 0.3) is 0 Å². The van der Waals surface area contributed by atoms with Gasteiger partial charge >= 0.3 is 0 Å². The fourth-order valence-electron chi connectivity index (χ4n) is 2.26. The van der Waals surface area contributed by atoms with Crippen LogP contribution in [0.5, 0.6) is 11.5 Å². The van der Waals surface area contributed by atoms with Crippen molar-refractivity contribution >= 4 is 29.1 Å². The molecule has 1 aromatic carbocycles. The Kier molecular flexibility index (Phi) is 6.91. The molecule has 134 valence electrons. The molecule has 1 aromatic heterocycles. The lowest BCUT2D eigenvalue weighted by molar-refractivity contribution is 0.0935. The average molecular weight is 383 g/mol. The van der Waals surface area contributed by atoms with Crippen LogP contribution >= 0.6 is 23.2 Å². The summed E-state index contributed by atoms with van der Waals surface area (Å²) in [4.78, 5) is 16.4. The molecule has 2 rings (SSSR count). The quantitative estimate of drug-likeness (QED) is 0.706. The highest BCUT2D eigenvalue weighted by atomic mass is 35.5. The normalized spacial score (nSPS) is 11.7. The first-order valence-electron chi connectivity index (χ1n) is 7.98. The maximum atomic E-state index is 12.4. The largest absolute Gasteiger partial charge is 0.490 e. The predicted octanol–water partition coefficient (Wildman–Crippen LogP) is 4.68. The lowest BCUT2D eigenvalue weighted by Crippen LogP contribution is -2.27. The summed E-state index contributed by atoms with van der Waals surface area (Å²) < 4.78 is 11.2. The molecule has 0 unspecified atom stereocenters. The fraction of sp³-hybridized carbons (Fsp3) is 0.333. The van der Waals surface area contributed by atoms with Gasteiger partial charge in [0.2, 0.25) is 0 Å². The third-order valence-electron chi connectivity index (χ3n) is 3.44. The van der Waals surface area contributed by atoms with E-state index < -0.39 is 5.91 Å². The number of hydrogen-bond acceptors (Lipinski definition) is 4. The Balaban J connectivity index is 2.19. The van der Waals surface area contributed by atoms with Gasteiger partial charge in [0.1, 0.15) is 10.8 Å². The number of carbonyl (C=O) groups excluding carboxylic acids is 1. The van der Waals surface area contributed by atoms with Crippen molar-refractivity contribution in [3.8, 4) is 11.5 Å². The van der Waals surface area contributed by atoms with E-state index in [0.29, 0.717) is 24.7 Å². The Morgan fingerprint density at radius 1 is 1.12 bits per heavy atom. The second-order valence-electron chi connectivity index (χ2n) is 5.23. The van der Waals surface area contributed by atoms with E-state index >= 15 is 0 Å². The van der Waals surface area contributed by atoms with Gasteiger partial charge in [-0.15, -0.1) is 0 Å². The van der Waals surface area contributed by atoms with Crippen LogP contribution in [0.4, 0.5) is 0 Å². The van der Waals surface area contributed by atoms with Crippen molar-refractivity contribution in [1.82, 2.24) is 10.3 Å². The van der Waals surface area contributed by atoms with Crippen molar-refractivity contribution in [3.05, 3.63) is 51.8 Å². The molecule has 1 N–H and O–H groups in total. The average Bonchev–Trinajstić information content (AvgIpc) is 2.58. The molecule has 1 heterocycles. The minimum atomic E-state index is -0.396. The Labute approximate surface area is 157 Å². The first-order valence-corrected chi connectivity index (χ1v) is 8.74. The molecule has 0 fully saturated rings. The highest BCUT2D eigenvalue weighted by Gasteiger charge is 2.17. The van der Waals surface area contributed by atoms with Crippen LogP contribution in [0.15, 0.2) is 30.3 Å². The minimum absolute atomic E-state index is 0.0944. The molecular formula is C18H20Cl2N2O3. The second-order valence-corrected chi connectivity index (χ2v) is 6.03. The van der Waals surface area contributed by atoms with Crippen molar-refractivity contribution in [2.45, 2.75) is 26.8 Å². The zero-order valence-corrected chi connectivity index (χ0v) is 15.8. The molecule has 0 radical (unpaired) electrons. The third-order valence-corrected chi connectivity index (χ3v) is 3.96. The van der Waals surface area contributed by atoms with Crippen molar-refractivity contribution in [1.29, 1.82) is 0 Å². The number of nitrogens with one attached hydrogen (secondary N) is 1. The van der Waals surface area contributed by atoms with E-state index in [0.717, 1.165) is 5.56 Å². The van der Waals surface area contributed by atoms with Crippen LogP contribution in [0.1, 0.15) is 42.9 Å². The van der Waals surface area contributed by atoms with E-state index in [-0.39, 0.29) is 21.9 Å². The number of ether oxygens (including phenoxy) is 2. The lowest BCUT2D eigenvalue weighted by atomic mass is 10.1. The Hall–Kier alpha value is -1.98. The number of halogens is 2. The lowest BCUT2D eigenvalue weighted by Gasteiger charge is -2.17. The van der Waals surface area contributed by atoms with Crippen molar-refractivity contribution < 1.29 is 14.3 Å². The molecule has 0 saturated heterocycles. The van der Waals surface area contributed by atoms with Gasteiger partial charge in [0, 0.05) is 0 Å². The molecule has 0 aliphatic rings. The standard InChI is InChI=1S/C18H20Cl2N2O3/c1-4-24-14-8-6-12(10-15(14)25-5-2)11(3)21-18(23)17-13(19)7-9-16(20)22-17/h6-11H,4-5H2,1-3H3,(H,21,23)/t11-/m0/s1. The van der Waals surface area contributed by atoms with E-state index in [2.05, 4.69) is 10.3 Å². The van der Waals surface area contributed by atoms with E-state index in [4.69, 9.17) is 32.7 Å². The molecule has 0 spiro atoms. The maximum Gasteiger partial charge on any atom is 0.271 e. The summed E-state index contributed by atoms with van der Waals surface area (Å²) in [5.74, 6) is 0.917. The van der Waals surface area contributed by atoms with Gasteiger partial charge in [0.25, 0.3) is 5.91 Å². The van der Waals surface area contributed by atoms with Crippen LogP contribution in [0, 0.1) is 0 Å². The van der Waals surface area contributed by atoms with Gasteiger partial charge in [-0.3, -0.25) is 4.79 Å². The van der Waals surface area contributed by atoms with Crippen molar-refractivity contribution in [3.63, 3.8) is 0 Å². The number of hydrogen-bond donors (Lipinski definition) is 1. The number of benzene rings is 1. The maximum absolute atomic E-state index is 12.4. The number of amides is 1. The zero-order chi connectivity index (χ0) is 18.4. The van der Waals surface area contributed by atoms with Crippen LogP contribution in [-0.2, 0) is 0 Å². The number of carbonyl (C=O) groups is 1. The third kappa shape index (κ3) is 5.00. The van der Waals surface area contributed by atoms with Gasteiger partial charge in [-0.2, -0.15) is 0 Å². The summed E-state index contributed by atoms with van der Waals surface area (Å²) in [5.41, 5.74) is 0.968. The first kappa shape index (κ1) is 19.3. The van der Waals surface area contributed by atoms with E-state index in [1.807, 2.05) is 39.0 Å². The molecule has 5 nitrogen and oxygen atoms in total. The van der Waals surface area contributed by atoms with Crippen molar-refractivity contribution in [2.75, 3.05) is 13.2 Å². The SMILES string of the molecule is CCOc1ccc([C@H](C)NC(=O)c2nc(Cl)ccc2Cl)cc1OCC. The molecule has 1 amide bonds. The molecule has 25 heavy (non-hydrogen) atoms. The second kappa shape index (κ2) is 8.92. The summed E-state index contributed by atoms with van der Waals surface area (Å²) in [6, 6.07) is 8.36. The van der Waals surface area contributed by atoms with Gasteiger partial charge in [0.15, 0.2) is 11.5 Å². The highest BCUT2D eigenvalue weighted by Crippen LogP contribution is 2.31. The molecule has 1 atom stereocenters. The molecule has 7 heteroatoms. The minimum Gasteiger partial charge on any atom is -0.490 e. The topological polar surface area (TPSA) is 60.5 Å². The fourth-order valence-corrected chi connectivity index (χ4v) is 2.60. The van der Waals surface area contributed by atoms with E-state index in [1.54, 1.807) is 6.07 Å². The zero-order valence-electron chi connectivity index (χ0n) is 14.3. The van der Waals surface area contributed by atoms with Crippen LogP contribution in [0.3, 0.4) is 0 Å². The summed E-state index contributed by atoms with van der Waals surface area (Å²) >= 11 is 11.9. The molecule has 2 aromatic rings. The summed E-state index contributed by atoms with van der Waals surface area (Å²) in [5, 5.41) is 3.32. The van der Waals surface area contributed by atoms with Crippen LogP contribution in [0.2, 0.25) is 10.2 Å². The van der Waals surface area contributed by atoms with Crippen LogP contribution in [-0.4, -0.2) is 24.1 Å². The summed E-state index contributed by atoms with van der Waals surface area (Å²) in [6.07, 6.45) is 0. The monoisotopic (exact) mass is 382 g/mol. The molecule has 0 bridgehead atoms.